The van der Waals surface area contributed by atoms with Gasteiger partial charge in [-0.25, -0.2) is 0 Å². The molecule has 1 aromatic rings. The van der Waals surface area contributed by atoms with Crippen molar-refractivity contribution in [3.63, 3.8) is 0 Å². The van der Waals surface area contributed by atoms with Crippen LogP contribution in [0.4, 0.5) is 0 Å². The fourth-order valence-electron chi connectivity index (χ4n) is 1.40. The lowest BCUT2D eigenvalue weighted by molar-refractivity contribution is 0.0970. The summed E-state index contributed by atoms with van der Waals surface area (Å²) in [6.45, 7) is 3.28. The molecule has 1 aromatic heterocycles. The average molecular weight is 211 g/mol. The zero-order chi connectivity index (χ0) is 11.3. The number of ether oxygens (including phenoxy) is 1. The first kappa shape index (κ1) is 11.7. The molecule has 15 heavy (non-hydrogen) atoms. The van der Waals surface area contributed by atoms with Crippen LogP contribution in [0.25, 0.3) is 0 Å². The normalized spacial score (nSPS) is 10.3. The molecular weight excluding hydrogens is 194 g/mol. The molecule has 0 aliphatic heterocycles. The number of Topliss-reactive ketones (excluding diaryl/α,β-unsaturated/α-hetero) is 1. The number of rotatable bonds is 6. The summed E-state index contributed by atoms with van der Waals surface area (Å²) in [7, 11) is 3.37. The minimum Gasteiger partial charge on any atom is -0.493 e. The fraction of sp³-hybridized carbons (Fsp3) is 0.600. The van der Waals surface area contributed by atoms with Gasteiger partial charge in [0.25, 0.3) is 0 Å². The molecule has 0 fully saturated rings. The highest BCUT2D eigenvalue weighted by Crippen LogP contribution is 2.18. The SMILES string of the molecule is CCn1ncc(OC)c1C(=O)CCNC. The van der Waals surface area contributed by atoms with E-state index in [0.29, 0.717) is 31.0 Å². The molecule has 0 aliphatic carbocycles. The Bertz CT molecular complexity index is 312. The van der Waals surface area contributed by atoms with Crippen LogP contribution in [-0.2, 0) is 6.54 Å². The largest absolute Gasteiger partial charge is 0.493 e. The van der Waals surface area contributed by atoms with Crippen LogP contribution in [0, 0.1) is 0 Å². The Morgan fingerprint density at radius 1 is 1.67 bits per heavy atom. The van der Waals surface area contributed by atoms with Gasteiger partial charge in [0.15, 0.2) is 11.5 Å². The van der Waals surface area contributed by atoms with Crippen molar-refractivity contribution < 1.29 is 9.53 Å². The molecule has 0 spiro atoms. The van der Waals surface area contributed by atoms with Gasteiger partial charge in [0, 0.05) is 19.5 Å². The topological polar surface area (TPSA) is 56.2 Å². The minimum absolute atomic E-state index is 0.0561. The highest BCUT2D eigenvalue weighted by molar-refractivity contribution is 5.97. The van der Waals surface area contributed by atoms with Crippen molar-refractivity contribution in [2.24, 2.45) is 0 Å². The molecule has 0 saturated heterocycles. The number of carbonyl (C=O) groups excluding carboxylic acids is 1. The van der Waals surface area contributed by atoms with Crippen molar-refractivity contribution >= 4 is 5.78 Å². The van der Waals surface area contributed by atoms with Gasteiger partial charge in [-0.3, -0.25) is 9.48 Å². The number of aryl methyl sites for hydroxylation is 1. The van der Waals surface area contributed by atoms with Crippen molar-refractivity contribution in [1.82, 2.24) is 15.1 Å². The first-order valence-electron chi connectivity index (χ1n) is 5.02. The molecule has 0 bridgehead atoms. The Hall–Kier alpha value is -1.36. The van der Waals surface area contributed by atoms with Crippen LogP contribution in [0.5, 0.6) is 5.75 Å². The van der Waals surface area contributed by atoms with Gasteiger partial charge in [-0.2, -0.15) is 5.10 Å². The van der Waals surface area contributed by atoms with Crippen LogP contribution in [0.1, 0.15) is 23.8 Å². The van der Waals surface area contributed by atoms with Crippen LogP contribution in [0.3, 0.4) is 0 Å². The fourth-order valence-corrected chi connectivity index (χ4v) is 1.40. The zero-order valence-electron chi connectivity index (χ0n) is 9.41. The van der Waals surface area contributed by atoms with Crippen molar-refractivity contribution in [1.29, 1.82) is 0 Å². The molecule has 5 nitrogen and oxygen atoms in total. The molecule has 84 valence electrons. The maximum atomic E-state index is 11.8. The quantitative estimate of drug-likeness (QED) is 0.704. The highest BCUT2D eigenvalue weighted by Gasteiger charge is 2.17. The Kier molecular flexibility index (Phi) is 4.30. The summed E-state index contributed by atoms with van der Waals surface area (Å²) < 4.78 is 6.77. The van der Waals surface area contributed by atoms with Gasteiger partial charge in [-0.1, -0.05) is 0 Å². The molecule has 0 unspecified atom stereocenters. The predicted molar refractivity (Wildman–Crippen MR) is 57.3 cm³/mol. The van der Waals surface area contributed by atoms with Gasteiger partial charge in [0.1, 0.15) is 5.69 Å². The number of hydrogen-bond acceptors (Lipinski definition) is 4. The Labute approximate surface area is 89.4 Å². The van der Waals surface area contributed by atoms with Gasteiger partial charge in [-0.05, 0) is 14.0 Å². The Balaban J connectivity index is 2.88. The number of ketones is 1. The van der Waals surface area contributed by atoms with E-state index in [1.165, 1.54) is 0 Å². The molecule has 1 N–H and O–H groups in total. The third-order valence-electron chi connectivity index (χ3n) is 2.19. The lowest BCUT2D eigenvalue weighted by atomic mass is 10.2. The van der Waals surface area contributed by atoms with Gasteiger partial charge >= 0.3 is 0 Å². The molecule has 0 saturated carbocycles. The van der Waals surface area contributed by atoms with E-state index in [-0.39, 0.29) is 5.78 Å². The van der Waals surface area contributed by atoms with E-state index in [4.69, 9.17) is 4.74 Å². The van der Waals surface area contributed by atoms with E-state index < -0.39 is 0 Å². The average Bonchev–Trinajstić information content (AvgIpc) is 2.68. The third-order valence-corrected chi connectivity index (χ3v) is 2.19. The number of carbonyl (C=O) groups is 1. The van der Waals surface area contributed by atoms with Crippen molar-refractivity contribution in [3.8, 4) is 5.75 Å². The summed E-state index contributed by atoms with van der Waals surface area (Å²) in [6, 6.07) is 0. The molecule has 0 atom stereocenters. The van der Waals surface area contributed by atoms with Crippen LogP contribution in [-0.4, -0.2) is 36.3 Å². The number of methoxy groups -OCH3 is 1. The predicted octanol–water partition coefficient (Wildman–Crippen LogP) is 0.704. The van der Waals surface area contributed by atoms with Crippen LogP contribution >= 0.6 is 0 Å². The number of nitrogens with one attached hydrogen (secondary N) is 1. The van der Waals surface area contributed by atoms with Gasteiger partial charge in [-0.15, -0.1) is 0 Å². The standard InChI is InChI=1S/C10H17N3O2/c1-4-13-10(8(14)5-6-11-2)9(15-3)7-12-13/h7,11H,4-6H2,1-3H3. The van der Waals surface area contributed by atoms with Gasteiger partial charge in [0.2, 0.25) is 0 Å². The van der Waals surface area contributed by atoms with E-state index in [1.54, 1.807) is 18.0 Å². The van der Waals surface area contributed by atoms with E-state index >= 15 is 0 Å². The molecule has 1 heterocycles. The maximum absolute atomic E-state index is 11.8. The monoisotopic (exact) mass is 211 g/mol. The first-order valence-corrected chi connectivity index (χ1v) is 5.02. The van der Waals surface area contributed by atoms with E-state index in [9.17, 15) is 4.79 Å². The smallest absolute Gasteiger partial charge is 0.185 e. The van der Waals surface area contributed by atoms with Crippen LogP contribution in [0.2, 0.25) is 0 Å². The van der Waals surface area contributed by atoms with Crippen LogP contribution in [0.15, 0.2) is 6.20 Å². The second kappa shape index (κ2) is 5.50. The lowest BCUT2D eigenvalue weighted by Gasteiger charge is -2.05. The number of nitrogens with zero attached hydrogens (tertiary/aromatic N) is 2. The maximum Gasteiger partial charge on any atom is 0.185 e. The first-order chi connectivity index (χ1) is 7.24. The summed E-state index contributed by atoms with van der Waals surface area (Å²) in [5, 5.41) is 7.03. The molecule has 1 rings (SSSR count). The van der Waals surface area contributed by atoms with Gasteiger partial charge < -0.3 is 10.1 Å². The molecule has 0 amide bonds. The second-order valence-corrected chi connectivity index (χ2v) is 3.15. The second-order valence-electron chi connectivity index (χ2n) is 3.15. The summed E-state index contributed by atoms with van der Waals surface area (Å²) in [6.07, 6.45) is 2.04. The number of hydrogen-bond donors (Lipinski definition) is 1. The summed E-state index contributed by atoms with van der Waals surface area (Å²) in [5.41, 5.74) is 0.565. The highest BCUT2D eigenvalue weighted by atomic mass is 16.5. The van der Waals surface area contributed by atoms with E-state index in [2.05, 4.69) is 10.4 Å². The molecule has 0 aliphatic rings. The summed E-state index contributed by atoms with van der Waals surface area (Å²) in [5.74, 6) is 0.610. The zero-order valence-corrected chi connectivity index (χ0v) is 9.41. The molecule has 0 aromatic carbocycles. The van der Waals surface area contributed by atoms with E-state index in [1.807, 2.05) is 14.0 Å². The van der Waals surface area contributed by atoms with E-state index in [0.717, 1.165) is 0 Å². The van der Waals surface area contributed by atoms with Crippen molar-refractivity contribution in [3.05, 3.63) is 11.9 Å². The summed E-state index contributed by atoms with van der Waals surface area (Å²) >= 11 is 0. The molecule has 5 heteroatoms. The van der Waals surface area contributed by atoms with Crippen molar-refractivity contribution in [2.75, 3.05) is 20.7 Å². The van der Waals surface area contributed by atoms with Gasteiger partial charge in [0.05, 0.1) is 13.3 Å². The Morgan fingerprint density at radius 2 is 2.40 bits per heavy atom. The van der Waals surface area contributed by atoms with Crippen molar-refractivity contribution in [2.45, 2.75) is 19.9 Å². The molecule has 0 radical (unpaired) electrons. The van der Waals surface area contributed by atoms with Crippen LogP contribution < -0.4 is 10.1 Å². The Morgan fingerprint density at radius 3 is 2.93 bits per heavy atom. The molecular formula is C10H17N3O2. The third kappa shape index (κ3) is 2.56. The minimum atomic E-state index is 0.0561. The number of aromatic nitrogens is 2. The summed E-state index contributed by atoms with van der Waals surface area (Å²) in [4.78, 5) is 11.8. The lowest BCUT2D eigenvalue weighted by Crippen LogP contribution is -2.16.